The normalized spacial score (nSPS) is 13.7. The van der Waals surface area contributed by atoms with Crippen LogP contribution in [0.25, 0.3) is 16.9 Å². The van der Waals surface area contributed by atoms with Gasteiger partial charge in [0.15, 0.2) is 11.3 Å². The minimum absolute atomic E-state index is 0.140. The van der Waals surface area contributed by atoms with E-state index in [-0.39, 0.29) is 17.5 Å². The van der Waals surface area contributed by atoms with Crippen molar-refractivity contribution < 1.29 is 19.1 Å². The minimum Gasteiger partial charge on any atom is -0.497 e. The number of aromatic nitrogens is 3. The van der Waals surface area contributed by atoms with Crippen molar-refractivity contribution in [3.8, 4) is 40.3 Å². The minimum atomic E-state index is -0.576. The average molecular weight is 498 g/mol. The SMILES string of the molecule is CC#CC(=O)N1CCC(c2c[nH]n3c(C(N)=O)c(-c4ccc(Oc5ccc(OC)cc5)cc4)nc23)CC1. The van der Waals surface area contributed by atoms with Crippen LogP contribution in [0.2, 0.25) is 0 Å². The molecule has 37 heavy (non-hydrogen) atoms. The standard InChI is InChI=1S/C28H27N5O4/c1-3-4-24(34)32-15-13-18(14-16-32)23-17-30-33-26(27(29)35)25(31-28(23)33)19-5-7-21(8-6-19)37-22-11-9-20(36-2)10-12-22/h5-12,17-18,30H,13-16H2,1-2H3,(H2,29,35). The molecule has 1 saturated heterocycles. The molecule has 0 unspecified atom stereocenters. The number of carbonyl (C=O) groups is 2. The van der Waals surface area contributed by atoms with Crippen molar-refractivity contribution in [2.45, 2.75) is 25.7 Å². The van der Waals surface area contributed by atoms with Crippen molar-refractivity contribution in [1.82, 2.24) is 19.5 Å². The average Bonchev–Trinajstić information content (AvgIpc) is 3.49. The Bertz CT molecular complexity index is 1500. The predicted molar refractivity (Wildman–Crippen MR) is 139 cm³/mol. The Morgan fingerprint density at radius 3 is 2.24 bits per heavy atom. The Morgan fingerprint density at radius 2 is 1.65 bits per heavy atom. The molecule has 188 valence electrons. The first-order chi connectivity index (χ1) is 18.0. The van der Waals surface area contributed by atoms with Gasteiger partial charge in [0, 0.05) is 30.4 Å². The van der Waals surface area contributed by atoms with Gasteiger partial charge in [0.25, 0.3) is 11.8 Å². The lowest BCUT2D eigenvalue weighted by Crippen LogP contribution is -2.37. The number of amides is 2. The third kappa shape index (κ3) is 4.74. The molecule has 1 fully saturated rings. The Hall–Kier alpha value is -4.71. The smallest absolute Gasteiger partial charge is 0.298 e. The number of nitrogens with zero attached hydrogens (tertiary/aromatic N) is 3. The summed E-state index contributed by atoms with van der Waals surface area (Å²) in [7, 11) is 1.62. The van der Waals surface area contributed by atoms with Crippen LogP contribution >= 0.6 is 0 Å². The molecule has 3 N–H and O–H groups in total. The number of nitrogens with two attached hydrogens (primary N) is 1. The van der Waals surface area contributed by atoms with Gasteiger partial charge in [-0.3, -0.25) is 14.7 Å². The topological polar surface area (TPSA) is 115 Å². The molecule has 0 saturated carbocycles. The highest BCUT2D eigenvalue weighted by molar-refractivity contribution is 5.98. The maximum absolute atomic E-state index is 12.4. The summed E-state index contributed by atoms with van der Waals surface area (Å²) in [6, 6.07) is 14.7. The van der Waals surface area contributed by atoms with E-state index in [0.717, 1.165) is 29.7 Å². The molecule has 0 atom stereocenters. The molecule has 1 aliphatic rings. The third-order valence-corrected chi connectivity index (χ3v) is 6.59. The van der Waals surface area contributed by atoms with E-state index < -0.39 is 5.91 Å². The third-order valence-electron chi connectivity index (χ3n) is 6.59. The van der Waals surface area contributed by atoms with E-state index in [1.54, 1.807) is 23.4 Å². The number of hydrogen-bond donors (Lipinski definition) is 2. The number of likely N-dealkylation sites (tertiary alicyclic amines) is 1. The van der Waals surface area contributed by atoms with Crippen molar-refractivity contribution in [1.29, 1.82) is 0 Å². The fraction of sp³-hybridized carbons (Fsp3) is 0.250. The van der Waals surface area contributed by atoms with Crippen molar-refractivity contribution in [2.24, 2.45) is 5.73 Å². The summed E-state index contributed by atoms with van der Waals surface area (Å²) in [5, 5.41) is 3.15. The summed E-state index contributed by atoms with van der Waals surface area (Å²) in [6.07, 6.45) is 3.45. The van der Waals surface area contributed by atoms with Crippen molar-refractivity contribution in [2.75, 3.05) is 20.2 Å². The van der Waals surface area contributed by atoms with E-state index >= 15 is 0 Å². The van der Waals surface area contributed by atoms with Crippen LogP contribution in [-0.2, 0) is 4.79 Å². The molecule has 0 radical (unpaired) electrons. The number of H-pyrrole nitrogens is 1. The zero-order valence-electron chi connectivity index (χ0n) is 20.7. The summed E-state index contributed by atoms with van der Waals surface area (Å²) >= 11 is 0. The van der Waals surface area contributed by atoms with Crippen LogP contribution in [0.3, 0.4) is 0 Å². The van der Waals surface area contributed by atoms with E-state index in [0.29, 0.717) is 35.9 Å². The Balaban J connectivity index is 1.39. The van der Waals surface area contributed by atoms with Crippen molar-refractivity contribution in [3.63, 3.8) is 0 Å². The molecule has 2 amide bonds. The van der Waals surface area contributed by atoms with Gasteiger partial charge in [-0.05, 0) is 80.1 Å². The molecule has 0 aliphatic carbocycles. The Kier molecular flexibility index (Phi) is 6.56. The van der Waals surface area contributed by atoms with Crippen LogP contribution in [-0.4, -0.2) is 51.5 Å². The first-order valence-electron chi connectivity index (χ1n) is 12.0. The second kappa shape index (κ2) is 10.1. The molecule has 2 aromatic heterocycles. The lowest BCUT2D eigenvalue weighted by atomic mass is 9.91. The summed E-state index contributed by atoms with van der Waals surface area (Å²) in [5.41, 5.74) is 8.98. The maximum Gasteiger partial charge on any atom is 0.298 e. The molecule has 2 aromatic carbocycles. The van der Waals surface area contributed by atoms with Gasteiger partial charge in [-0.1, -0.05) is 5.92 Å². The largest absolute Gasteiger partial charge is 0.497 e. The van der Waals surface area contributed by atoms with Crippen LogP contribution in [0, 0.1) is 11.8 Å². The number of piperidine rings is 1. The monoisotopic (exact) mass is 497 g/mol. The highest BCUT2D eigenvalue weighted by Gasteiger charge is 2.28. The first-order valence-corrected chi connectivity index (χ1v) is 12.0. The van der Waals surface area contributed by atoms with E-state index in [2.05, 4.69) is 16.9 Å². The number of methoxy groups -OCH3 is 1. The molecule has 0 bridgehead atoms. The van der Waals surface area contributed by atoms with Gasteiger partial charge in [-0.15, -0.1) is 0 Å². The number of nitrogens with one attached hydrogen (secondary N) is 1. The molecule has 0 spiro atoms. The van der Waals surface area contributed by atoms with Gasteiger partial charge in [0.1, 0.15) is 22.9 Å². The molecule has 9 heteroatoms. The van der Waals surface area contributed by atoms with E-state index in [1.165, 1.54) is 0 Å². The number of benzene rings is 2. The number of fused-ring (bicyclic) bond motifs is 1. The molecule has 4 aromatic rings. The molecule has 1 aliphatic heterocycles. The van der Waals surface area contributed by atoms with Gasteiger partial charge in [-0.25, -0.2) is 9.50 Å². The zero-order valence-corrected chi connectivity index (χ0v) is 20.7. The first kappa shape index (κ1) is 24.0. The fourth-order valence-electron chi connectivity index (χ4n) is 4.71. The van der Waals surface area contributed by atoms with E-state index in [4.69, 9.17) is 20.2 Å². The number of carbonyl (C=O) groups excluding carboxylic acids is 2. The van der Waals surface area contributed by atoms with Gasteiger partial charge in [-0.2, -0.15) is 0 Å². The van der Waals surface area contributed by atoms with Gasteiger partial charge in [0.05, 0.1) is 7.11 Å². The number of ether oxygens (including phenoxy) is 2. The second-order valence-corrected chi connectivity index (χ2v) is 8.80. The van der Waals surface area contributed by atoms with E-state index in [1.807, 2.05) is 54.7 Å². The van der Waals surface area contributed by atoms with Gasteiger partial charge >= 0.3 is 0 Å². The summed E-state index contributed by atoms with van der Waals surface area (Å²) < 4.78 is 12.7. The molecular weight excluding hydrogens is 470 g/mol. The summed E-state index contributed by atoms with van der Waals surface area (Å²) in [4.78, 5) is 31.2. The maximum atomic E-state index is 12.4. The van der Waals surface area contributed by atoms with E-state index in [9.17, 15) is 9.59 Å². The number of primary amides is 1. The summed E-state index contributed by atoms with van der Waals surface area (Å²) in [6.45, 7) is 2.91. The lowest BCUT2D eigenvalue weighted by molar-refractivity contribution is -0.126. The number of aromatic amines is 1. The van der Waals surface area contributed by atoms with Crippen molar-refractivity contribution in [3.05, 3.63) is 66.0 Å². The molecule has 9 nitrogen and oxygen atoms in total. The van der Waals surface area contributed by atoms with Crippen molar-refractivity contribution >= 4 is 17.5 Å². The van der Waals surface area contributed by atoms with Crippen LogP contribution in [0.5, 0.6) is 17.2 Å². The summed E-state index contributed by atoms with van der Waals surface area (Å²) in [5.74, 6) is 6.84. The predicted octanol–water partition coefficient (Wildman–Crippen LogP) is 3.96. The Morgan fingerprint density at radius 1 is 1.03 bits per heavy atom. The second-order valence-electron chi connectivity index (χ2n) is 8.80. The van der Waals surface area contributed by atoms with Crippen LogP contribution in [0.1, 0.15) is 41.7 Å². The van der Waals surface area contributed by atoms with Crippen LogP contribution < -0.4 is 15.2 Å². The number of hydrogen-bond acceptors (Lipinski definition) is 5. The Labute approximate surface area is 214 Å². The van der Waals surface area contributed by atoms with Gasteiger partial charge < -0.3 is 20.1 Å². The molecular formula is C28H27N5O4. The lowest BCUT2D eigenvalue weighted by Gasteiger charge is -2.30. The number of rotatable bonds is 6. The highest BCUT2D eigenvalue weighted by atomic mass is 16.5. The van der Waals surface area contributed by atoms with Gasteiger partial charge in [0.2, 0.25) is 0 Å². The zero-order chi connectivity index (χ0) is 25.9. The highest BCUT2D eigenvalue weighted by Crippen LogP contribution is 2.34. The fourth-order valence-corrected chi connectivity index (χ4v) is 4.71. The van der Waals surface area contributed by atoms with Crippen LogP contribution in [0.4, 0.5) is 0 Å². The quantitative estimate of drug-likeness (QED) is 0.392. The molecule has 3 heterocycles. The van der Waals surface area contributed by atoms with Crippen LogP contribution in [0.15, 0.2) is 54.7 Å². The number of imidazole rings is 1. The molecule has 5 rings (SSSR count).